The van der Waals surface area contributed by atoms with Crippen molar-refractivity contribution < 1.29 is 43.3 Å². The Balaban J connectivity index is 1.39. The SMILES string of the molecule is COc1cc(C=C[C@H]2C3=CC[C@@H]4C(=O)N(CCCCCC(=O)O)C(=O)[C@@H]4[C@@H]3C[C@@]3(Cl)C(=O)N(c4ccc(F)cc4)C(=O)[C@@]23Cl)ccc1O. The van der Waals surface area contributed by atoms with E-state index >= 15 is 0 Å². The summed E-state index contributed by atoms with van der Waals surface area (Å²) in [7, 11) is 1.40. The lowest BCUT2D eigenvalue weighted by Crippen LogP contribution is -2.60. The summed E-state index contributed by atoms with van der Waals surface area (Å²) in [4.78, 5) is 64.9. The number of allylic oxidation sites excluding steroid dienone is 3. The summed E-state index contributed by atoms with van der Waals surface area (Å²) in [5.41, 5.74) is 1.27. The van der Waals surface area contributed by atoms with Crippen LogP contribution in [-0.4, -0.2) is 68.1 Å². The van der Waals surface area contributed by atoms with Crippen molar-refractivity contribution in [3.05, 3.63) is 71.6 Å². The first kappa shape index (κ1) is 33.7. The quantitative estimate of drug-likeness (QED) is 0.148. The number of benzene rings is 2. The predicted molar refractivity (Wildman–Crippen MR) is 174 cm³/mol. The zero-order chi connectivity index (χ0) is 34.5. The number of alkyl halides is 2. The molecule has 48 heavy (non-hydrogen) atoms. The second kappa shape index (κ2) is 12.7. The number of fused-ring (bicyclic) bond motifs is 4. The zero-order valence-electron chi connectivity index (χ0n) is 25.9. The molecule has 13 heteroatoms. The van der Waals surface area contributed by atoms with E-state index in [9.17, 15) is 33.5 Å². The van der Waals surface area contributed by atoms with Gasteiger partial charge in [-0.1, -0.05) is 36.3 Å². The van der Waals surface area contributed by atoms with Gasteiger partial charge in [-0.2, -0.15) is 0 Å². The number of rotatable bonds is 10. The standard InChI is InChI=1S/C35H33Cl2FN2O8/c1-48-27-17-19(7-15-26(27)41)6-14-25-22-12-13-23-29(31(45)39(30(23)44)16-4-2-3-5-28(42)43)24(22)18-34(36)32(46)40(33(47)35(25,34)37)21-10-8-20(38)9-11-21/h6-12,14-15,17,23-25,29,41H,2-5,13,16,18H2,1H3,(H,42,43)/t23-,24+,25-,29-,34+,35-/m0/s1. The fourth-order valence-electron chi connectivity index (χ4n) is 7.66. The number of anilines is 1. The number of imide groups is 2. The molecule has 0 spiro atoms. The van der Waals surface area contributed by atoms with Gasteiger partial charge in [0.25, 0.3) is 11.8 Å². The fraction of sp³-hybridized carbons (Fsp3) is 0.400. The molecule has 2 N–H and O–H groups in total. The number of halogens is 3. The van der Waals surface area contributed by atoms with E-state index < -0.39 is 62.9 Å². The van der Waals surface area contributed by atoms with Crippen molar-refractivity contribution in [1.29, 1.82) is 0 Å². The third kappa shape index (κ3) is 5.27. The van der Waals surface area contributed by atoms with Crippen molar-refractivity contribution in [2.75, 3.05) is 18.6 Å². The van der Waals surface area contributed by atoms with Crippen molar-refractivity contribution in [3.63, 3.8) is 0 Å². The summed E-state index contributed by atoms with van der Waals surface area (Å²) >= 11 is 14.6. The van der Waals surface area contributed by atoms with Crippen LogP contribution in [0.25, 0.3) is 6.08 Å². The number of nitrogens with zero attached hydrogens (tertiary/aromatic N) is 2. The van der Waals surface area contributed by atoms with Gasteiger partial charge >= 0.3 is 5.97 Å². The molecular weight excluding hydrogens is 666 g/mol. The van der Waals surface area contributed by atoms with Crippen LogP contribution in [0.15, 0.2) is 60.2 Å². The number of carboxylic acids is 1. The van der Waals surface area contributed by atoms with E-state index in [0.717, 1.165) is 17.0 Å². The first-order valence-electron chi connectivity index (χ1n) is 15.7. The van der Waals surface area contributed by atoms with Crippen LogP contribution in [-0.2, 0) is 24.0 Å². The number of amides is 4. The van der Waals surface area contributed by atoms with Gasteiger partial charge in [-0.25, -0.2) is 9.29 Å². The molecule has 10 nitrogen and oxygen atoms in total. The Morgan fingerprint density at radius 2 is 1.75 bits per heavy atom. The van der Waals surface area contributed by atoms with Gasteiger partial charge in [0, 0.05) is 18.9 Å². The molecule has 4 aliphatic rings. The number of likely N-dealkylation sites (tertiary alicyclic amines) is 1. The van der Waals surface area contributed by atoms with Crippen molar-refractivity contribution in [2.45, 2.75) is 48.3 Å². The number of carbonyl (C=O) groups excluding carboxylic acids is 4. The van der Waals surface area contributed by atoms with Crippen molar-refractivity contribution in [1.82, 2.24) is 4.90 Å². The Bertz CT molecular complexity index is 1760. The normalized spacial score (nSPS) is 29.6. The molecule has 252 valence electrons. The minimum atomic E-state index is -2.05. The summed E-state index contributed by atoms with van der Waals surface area (Å²) in [6.45, 7) is 0.138. The molecule has 2 aromatic rings. The predicted octanol–water partition coefficient (Wildman–Crippen LogP) is 5.29. The van der Waals surface area contributed by atoms with Gasteiger partial charge in [-0.05, 0) is 73.6 Å². The molecule has 2 heterocycles. The van der Waals surface area contributed by atoms with Gasteiger partial charge in [-0.3, -0.25) is 28.9 Å². The molecule has 0 radical (unpaired) electrons. The smallest absolute Gasteiger partial charge is 0.303 e. The average molecular weight is 700 g/mol. The molecular formula is C35H33Cl2FN2O8. The molecule has 2 aliphatic heterocycles. The van der Waals surface area contributed by atoms with Gasteiger partial charge < -0.3 is 14.9 Å². The van der Waals surface area contributed by atoms with Gasteiger partial charge in [0.1, 0.15) is 5.82 Å². The van der Waals surface area contributed by atoms with Crippen LogP contribution in [0.3, 0.4) is 0 Å². The summed E-state index contributed by atoms with van der Waals surface area (Å²) in [6.07, 6.45) is 6.52. The molecule has 6 atom stereocenters. The summed E-state index contributed by atoms with van der Waals surface area (Å²) in [5, 5.41) is 19.0. The average Bonchev–Trinajstić information content (AvgIpc) is 3.38. The lowest BCUT2D eigenvalue weighted by Gasteiger charge is -2.49. The number of unbranched alkanes of at least 4 members (excludes halogenated alkanes) is 2. The molecule has 1 saturated carbocycles. The topological polar surface area (TPSA) is 142 Å². The molecule has 4 amide bonds. The number of hydrogen-bond donors (Lipinski definition) is 2. The third-order valence-electron chi connectivity index (χ3n) is 10.0. The number of methoxy groups -OCH3 is 1. The third-order valence-corrected chi connectivity index (χ3v) is 11.4. The molecule has 0 aromatic heterocycles. The van der Waals surface area contributed by atoms with E-state index in [1.807, 2.05) is 6.08 Å². The van der Waals surface area contributed by atoms with Crippen molar-refractivity contribution >= 4 is 64.6 Å². The minimum absolute atomic E-state index is 0.00595. The Kier molecular flexibility index (Phi) is 8.89. The number of carboxylic acid groups (broad SMARTS) is 1. The van der Waals surface area contributed by atoms with E-state index in [-0.39, 0.29) is 48.9 Å². The molecule has 6 rings (SSSR count). The largest absolute Gasteiger partial charge is 0.504 e. The fourth-order valence-corrected chi connectivity index (χ4v) is 8.55. The minimum Gasteiger partial charge on any atom is -0.504 e. The lowest BCUT2D eigenvalue weighted by molar-refractivity contribution is -0.141. The number of aliphatic carboxylic acids is 1. The van der Waals surface area contributed by atoms with E-state index in [1.165, 1.54) is 30.2 Å². The Hall–Kier alpha value is -4.22. The first-order valence-corrected chi connectivity index (χ1v) is 16.4. The Morgan fingerprint density at radius 3 is 2.44 bits per heavy atom. The molecule has 3 fully saturated rings. The highest BCUT2D eigenvalue weighted by Crippen LogP contribution is 2.63. The molecule has 2 aromatic carbocycles. The highest BCUT2D eigenvalue weighted by atomic mass is 35.5. The van der Waals surface area contributed by atoms with Crippen molar-refractivity contribution in [3.8, 4) is 11.5 Å². The molecule has 2 saturated heterocycles. The van der Waals surface area contributed by atoms with Crippen LogP contribution in [0.5, 0.6) is 11.5 Å². The number of carbonyl (C=O) groups is 5. The maximum Gasteiger partial charge on any atom is 0.303 e. The second-order valence-electron chi connectivity index (χ2n) is 12.6. The van der Waals surface area contributed by atoms with Crippen molar-refractivity contribution in [2.24, 2.45) is 23.7 Å². The maximum absolute atomic E-state index is 14.3. The van der Waals surface area contributed by atoms with Gasteiger partial charge in [0.05, 0.1) is 24.6 Å². The van der Waals surface area contributed by atoms with Crippen LogP contribution in [0.2, 0.25) is 0 Å². The zero-order valence-corrected chi connectivity index (χ0v) is 27.4. The Morgan fingerprint density at radius 1 is 1.02 bits per heavy atom. The van der Waals surface area contributed by atoms with Crippen LogP contribution in [0.4, 0.5) is 10.1 Å². The maximum atomic E-state index is 14.3. The number of ether oxygens (including phenoxy) is 1. The molecule has 2 aliphatic carbocycles. The lowest BCUT2D eigenvalue weighted by atomic mass is 9.57. The number of aromatic hydroxyl groups is 1. The van der Waals surface area contributed by atoms with Crippen LogP contribution >= 0.6 is 23.2 Å². The van der Waals surface area contributed by atoms with Gasteiger partial charge in [0.15, 0.2) is 21.2 Å². The summed E-state index contributed by atoms with van der Waals surface area (Å²) < 4.78 is 19.0. The van der Waals surface area contributed by atoms with Crippen LogP contribution in [0, 0.1) is 29.5 Å². The van der Waals surface area contributed by atoms with E-state index in [4.69, 9.17) is 33.0 Å². The molecule has 0 unspecified atom stereocenters. The van der Waals surface area contributed by atoms with Crippen LogP contribution in [0.1, 0.15) is 44.1 Å². The Labute approximate surface area is 285 Å². The number of phenols is 1. The van der Waals surface area contributed by atoms with Gasteiger partial charge in [0.2, 0.25) is 11.8 Å². The van der Waals surface area contributed by atoms with E-state index in [1.54, 1.807) is 24.3 Å². The number of phenolic OH excluding ortho intramolecular Hbond substituents is 1. The summed E-state index contributed by atoms with van der Waals surface area (Å²) in [5.74, 6) is -6.97. The highest BCUT2D eigenvalue weighted by Gasteiger charge is 2.76. The van der Waals surface area contributed by atoms with E-state index in [2.05, 4.69) is 0 Å². The second-order valence-corrected chi connectivity index (χ2v) is 13.9. The molecule has 0 bridgehead atoms. The monoisotopic (exact) mass is 698 g/mol. The van der Waals surface area contributed by atoms with Crippen LogP contribution < -0.4 is 9.64 Å². The van der Waals surface area contributed by atoms with Gasteiger partial charge in [-0.15, -0.1) is 23.2 Å². The van der Waals surface area contributed by atoms with E-state index in [0.29, 0.717) is 30.4 Å². The highest BCUT2D eigenvalue weighted by molar-refractivity contribution is 6.58. The first-order chi connectivity index (χ1) is 22.8. The number of hydrogen-bond acceptors (Lipinski definition) is 7. The summed E-state index contributed by atoms with van der Waals surface area (Å²) in [6, 6.07) is 9.43.